The second kappa shape index (κ2) is 3.80. The maximum absolute atomic E-state index is 11.3. The van der Waals surface area contributed by atoms with Gasteiger partial charge in [0, 0.05) is 0 Å². The van der Waals surface area contributed by atoms with Gasteiger partial charge in [0.1, 0.15) is 0 Å². The quantitative estimate of drug-likeness (QED) is 0.909. The first-order valence-corrected chi connectivity index (χ1v) is 7.48. The van der Waals surface area contributed by atoms with E-state index in [-0.39, 0.29) is 11.0 Å². The molecule has 6 nitrogen and oxygen atoms in total. The number of nitrogens with zero attached hydrogens (tertiary/aromatic N) is 4. The van der Waals surface area contributed by atoms with Crippen LogP contribution in [0.1, 0.15) is 50.8 Å². The predicted octanol–water partition coefficient (Wildman–Crippen LogP) is 1.75. The lowest BCUT2D eigenvalue weighted by molar-refractivity contribution is -0.152. The largest absolute Gasteiger partial charge is 0.481 e. The minimum Gasteiger partial charge on any atom is -0.481 e. The minimum absolute atomic E-state index is 0.0303. The maximum Gasteiger partial charge on any atom is 0.303 e. The first kappa shape index (κ1) is 12.3. The van der Waals surface area contributed by atoms with Gasteiger partial charge in [0.15, 0.2) is 5.82 Å². The van der Waals surface area contributed by atoms with E-state index in [1.807, 2.05) is 11.7 Å². The van der Waals surface area contributed by atoms with E-state index in [0.717, 1.165) is 32.1 Å². The summed E-state index contributed by atoms with van der Waals surface area (Å²) < 4.78 is 0. The van der Waals surface area contributed by atoms with Gasteiger partial charge in [-0.1, -0.05) is 0 Å². The summed E-state index contributed by atoms with van der Waals surface area (Å²) in [6, 6.07) is 0. The van der Waals surface area contributed by atoms with Crippen LogP contribution in [0.25, 0.3) is 0 Å². The van der Waals surface area contributed by atoms with E-state index in [1.54, 1.807) is 0 Å². The highest BCUT2D eigenvalue weighted by molar-refractivity contribution is 5.67. The van der Waals surface area contributed by atoms with Gasteiger partial charge in [-0.25, -0.2) is 0 Å². The second-order valence-electron chi connectivity index (χ2n) is 7.38. The van der Waals surface area contributed by atoms with Gasteiger partial charge in [0.25, 0.3) is 0 Å². The molecule has 4 aliphatic carbocycles. The molecule has 4 aliphatic rings. The van der Waals surface area contributed by atoms with Crippen molar-refractivity contribution in [3.05, 3.63) is 5.82 Å². The van der Waals surface area contributed by atoms with Crippen molar-refractivity contribution in [1.82, 2.24) is 20.2 Å². The van der Waals surface area contributed by atoms with Crippen molar-refractivity contribution in [2.45, 2.75) is 57.4 Å². The Morgan fingerprint density at radius 1 is 1.35 bits per heavy atom. The summed E-state index contributed by atoms with van der Waals surface area (Å²) in [6.45, 7) is 1.86. The Labute approximate surface area is 117 Å². The summed E-state index contributed by atoms with van der Waals surface area (Å²) in [5.41, 5.74) is -0.0990. The number of carboxylic acid groups (broad SMARTS) is 1. The van der Waals surface area contributed by atoms with Crippen LogP contribution in [0.15, 0.2) is 0 Å². The third kappa shape index (κ3) is 1.70. The predicted molar refractivity (Wildman–Crippen MR) is 69.9 cm³/mol. The Morgan fingerprint density at radius 2 is 2.05 bits per heavy atom. The average molecular weight is 276 g/mol. The summed E-state index contributed by atoms with van der Waals surface area (Å²) in [4.78, 5) is 13.1. The zero-order valence-electron chi connectivity index (χ0n) is 11.7. The molecule has 108 valence electrons. The lowest BCUT2D eigenvalue weighted by Gasteiger charge is -2.61. The fraction of sp³-hybridized carbons (Fsp3) is 0.857. The summed E-state index contributed by atoms with van der Waals surface area (Å²) in [7, 11) is 0. The maximum atomic E-state index is 11.3. The lowest BCUT2D eigenvalue weighted by atomic mass is 9.46. The third-order valence-corrected chi connectivity index (χ3v) is 5.62. The molecule has 4 atom stereocenters. The van der Waals surface area contributed by atoms with Gasteiger partial charge < -0.3 is 5.11 Å². The third-order valence-electron chi connectivity index (χ3n) is 5.62. The molecule has 20 heavy (non-hydrogen) atoms. The molecule has 1 aromatic heterocycles. The number of aryl methyl sites for hydroxylation is 1. The Hall–Kier alpha value is -1.46. The van der Waals surface area contributed by atoms with Gasteiger partial charge in [0.05, 0.1) is 12.0 Å². The number of carbonyl (C=O) groups is 1. The van der Waals surface area contributed by atoms with Crippen LogP contribution in [0.2, 0.25) is 0 Å². The highest BCUT2D eigenvalue weighted by Gasteiger charge is 2.60. The van der Waals surface area contributed by atoms with Crippen molar-refractivity contribution in [2.75, 3.05) is 0 Å². The minimum atomic E-state index is -0.662. The van der Waals surface area contributed by atoms with Crippen LogP contribution >= 0.6 is 0 Å². The molecular formula is C14H20N4O2. The molecular weight excluding hydrogens is 256 g/mol. The summed E-state index contributed by atoms with van der Waals surface area (Å²) in [6.07, 6.45) is 6.82. The second-order valence-corrected chi connectivity index (χ2v) is 7.38. The molecule has 4 saturated carbocycles. The van der Waals surface area contributed by atoms with E-state index >= 15 is 0 Å². The number of aliphatic carboxylic acids is 1. The van der Waals surface area contributed by atoms with Crippen molar-refractivity contribution in [3.8, 4) is 0 Å². The van der Waals surface area contributed by atoms with Gasteiger partial charge in [-0.2, -0.15) is 4.80 Å². The standard InChI is InChI=1S/C14H20N4O2/c1-9-15-17-18(16-9)14-5-10-2-11(6-14)4-13(3-10,8-14)7-12(19)20/h10-11H,2-8H2,1H3,(H,19,20)/t10-,11+,13?,14?. The zero-order chi connectivity index (χ0) is 14.0. The average Bonchev–Trinajstić information content (AvgIpc) is 2.72. The van der Waals surface area contributed by atoms with E-state index in [9.17, 15) is 9.90 Å². The van der Waals surface area contributed by atoms with Gasteiger partial charge in [0.2, 0.25) is 0 Å². The van der Waals surface area contributed by atoms with Crippen molar-refractivity contribution in [3.63, 3.8) is 0 Å². The lowest BCUT2D eigenvalue weighted by Crippen LogP contribution is -2.57. The van der Waals surface area contributed by atoms with Gasteiger partial charge in [-0.3, -0.25) is 4.79 Å². The Morgan fingerprint density at radius 3 is 2.60 bits per heavy atom. The molecule has 2 unspecified atom stereocenters. The van der Waals surface area contributed by atoms with Crippen molar-refractivity contribution in [1.29, 1.82) is 0 Å². The molecule has 6 heteroatoms. The van der Waals surface area contributed by atoms with Crippen molar-refractivity contribution in [2.24, 2.45) is 17.3 Å². The smallest absolute Gasteiger partial charge is 0.303 e. The molecule has 0 amide bonds. The van der Waals surface area contributed by atoms with Crippen molar-refractivity contribution < 1.29 is 9.90 Å². The van der Waals surface area contributed by atoms with Crippen LogP contribution in [0.3, 0.4) is 0 Å². The van der Waals surface area contributed by atoms with Gasteiger partial charge in [-0.15, -0.1) is 10.2 Å². The van der Waals surface area contributed by atoms with Crippen LogP contribution in [-0.2, 0) is 10.3 Å². The van der Waals surface area contributed by atoms with E-state index in [0.29, 0.717) is 24.1 Å². The summed E-state index contributed by atoms with van der Waals surface area (Å²) >= 11 is 0. The molecule has 0 spiro atoms. The number of carboxylic acids is 1. The van der Waals surface area contributed by atoms with Crippen LogP contribution in [0.4, 0.5) is 0 Å². The molecule has 1 N–H and O–H groups in total. The molecule has 5 rings (SSSR count). The highest BCUT2D eigenvalue weighted by Crippen LogP contribution is 2.64. The fourth-order valence-corrected chi connectivity index (χ4v) is 5.65. The Bertz CT molecular complexity index is 553. The molecule has 0 aromatic carbocycles. The molecule has 4 bridgehead atoms. The first-order valence-electron chi connectivity index (χ1n) is 7.48. The van der Waals surface area contributed by atoms with E-state index in [1.165, 1.54) is 6.42 Å². The van der Waals surface area contributed by atoms with E-state index in [4.69, 9.17) is 0 Å². The number of rotatable bonds is 3. The zero-order valence-corrected chi connectivity index (χ0v) is 11.7. The number of tetrazole rings is 1. The summed E-state index contributed by atoms with van der Waals surface area (Å²) in [5.74, 6) is 1.32. The monoisotopic (exact) mass is 276 g/mol. The Balaban J connectivity index is 1.73. The Kier molecular flexibility index (Phi) is 2.34. The van der Waals surface area contributed by atoms with Crippen LogP contribution in [0.5, 0.6) is 0 Å². The van der Waals surface area contributed by atoms with E-state index < -0.39 is 5.97 Å². The summed E-state index contributed by atoms with van der Waals surface area (Å²) in [5, 5.41) is 22.0. The highest BCUT2D eigenvalue weighted by atomic mass is 16.4. The van der Waals surface area contributed by atoms with Crippen molar-refractivity contribution >= 4 is 5.97 Å². The number of hydrogen-bond acceptors (Lipinski definition) is 4. The molecule has 0 radical (unpaired) electrons. The first-order chi connectivity index (χ1) is 9.49. The number of aromatic nitrogens is 4. The normalized spacial score (nSPS) is 42.0. The van der Waals surface area contributed by atoms with Gasteiger partial charge >= 0.3 is 5.97 Å². The number of hydrogen-bond donors (Lipinski definition) is 1. The topological polar surface area (TPSA) is 80.9 Å². The fourth-order valence-electron chi connectivity index (χ4n) is 5.65. The van der Waals surface area contributed by atoms with E-state index in [2.05, 4.69) is 15.4 Å². The molecule has 0 aliphatic heterocycles. The van der Waals surface area contributed by atoms with Crippen LogP contribution < -0.4 is 0 Å². The SMILES string of the molecule is Cc1nnn(C23C[C@@H]4C[C@@H](CC(CC(=O)O)(C4)C2)C3)n1. The molecule has 4 fully saturated rings. The van der Waals surface area contributed by atoms with Crippen LogP contribution in [-0.4, -0.2) is 31.3 Å². The molecule has 1 heterocycles. The molecule has 0 saturated heterocycles. The van der Waals surface area contributed by atoms with Gasteiger partial charge in [-0.05, 0) is 67.9 Å². The van der Waals surface area contributed by atoms with Crippen LogP contribution in [0, 0.1) is 24.2 Å². The molecule has 1 aromatic rings.